The predicted molar refractivity (Wildman–Crippen MR) is 167 cm³/mol. The number of aromatic nitrogens is 2. The van der Waals surface area contributed by atoms with Crippen LogP contribution in [-0.2, 0) is 9.84 Å². The van der Waals surface area contributed by atoms with Crippen molar-refractivity contribution in [1.82, 2.24) is 9.13 Å². The first kappa shape index (κ1) is 23.7. The van der Waals surface area contributed by atoms with Crippen molar-refractivity contribution < 1.29 is 8.42 Å². The van der Waals surface area contributed by atoms with Crippen LogP contribution >= 0.6 is 0 Å². The van der Waals surface area contributed by atoms with Gasteiger partial charge in [-0.2, -0.15) is 0 Å². The minimum Gasteiger partial charge on any atom is -0.309 e. The summed E-state index contributed by atoms with van der Waals surface area (Å²) in [6, 6.07) is 47.8. The number of sulfone groups is 1. The van der Waals surface area contributed by atoms with Crippen molar-refractivity contribution in [2.45, 2.75) is 9.79 Å². The fourth-order valence-electron chi connectivity index (χ4n) is 6.10. The Hall–Kier alpha value is -5.13. The first-order valence-corrected chi connectivity index (χ1v) is 15.0. The van der Waals surface area contributed by atoms with Crippen molar-refractivity contribution >= 4 is 53.4 Å². The van der Waals surface area contributed by atoms with E-state index in [4.69, 9.17) is 0 Å². The van der Waals surface area contributed by atoms with Crippen LogP contribution in [0.25, 0.3) is 55.0 Å². The molecule has 5 heteroatoms. The van der Waals surface area contributed by atoms with Crippen LogP contribution in [0.5, 0.6) is 0 Å². The summed E-state index contributed by atoms with van der Waals surface area (Å²) < 4.78 is 31.5. The van der Waals surface area contributed by atoms with Crippen LogP contribution in [0.3, 0.4) is 0 Å². The molecule has 0 atom stereocenters. The van der Waals surface area contributed by atoms with Crippen LogP contribution in [0.1, 0.15) is 0 Å². The van der Waals surface area contributed by atoms with Crippen LogP contribution in [-0.4, -0.2) is 17.6 Å². The van der Waals surface area contributed by atoms with E-state index in [9.17, 15) is 8.42 Å². The molecule has 41 heavy (non-hydrogen) atoms. The molecule has 0 fully saturated rings. The van der Waals surface area contributed by atoms with E-state index in [-0.39, 0.29) is 4.90 Å². The van der Waals surface area contributed by atoms with Crippen LogP contribution in [0.15, 0.2) is 155 Å². The number of rotatable bonds is 4. The SMILES string of the molecule is O=S(=O)(c1ccccc1)c1ccc2c(c1)c1ccccc1n2-c1cccc(-n2c3ccccc3c3ccccc32)c1. The second kappa shape index (κ2) is 8.95. The van der Waals surface area contributed by atoms with Crippen molar-refractivity contribution in [2.24, 2.45) is 0 Å². The molecule has 2 heterocycles. The van der Waals surface area contributed by atoms with Gasteiger partial charge < -0.3 is 9.13 Å². The van der Waals surface area contributed by atoms with Gasteiger partial charge in [0.2, 0.25) is 9.84 Å². The molecule has 0 amide bonds. The molecule has 6 aromatic carbocycles. The van der Waals surface area contributed by atoms with Gasteiger partial charge in [0, 0.05) is 32.9 Å². The lowest BCUT2D eigenvalue weighted by Crippen LogP contribution is -2.02. The summed E-state index contributed by atoms with van der Waals surface area (Å²) >= 11 is 0. The lowest BCUT2D eigenvalue weighted by atomic mass is 10.1. The highest BCUT2D eigenvalue weighted by Gasteiger charge is 2.21. The van der Waals surface area contributed by atoms with E-state index in [0.717, 1.165) is 44.2 Å². The fraction of sp³-hybridized carbons (Fsp3) is 0. The third kappa shape index (κ3) is 3.56. The van der Waals surface area contributed by atoms with Gasteiger partial charge in [-0.15, -0.1) is 0 Å². The average molecular weight is 549 g/mol. The van der Waals surface area contributed by atoms with Gasteiger partial charge in [-0.1, -0.05) is 78.9 Å². The molecule has 0 aliphatic carbocycles. The Kier molecular flexibility index (Phi) is 5.18. The van der Waals surface area contributed by atoms with Gasteiger partial charge in [0.05, 0.1) is 31.9 Å². The molecule has 8 aromatic rings. The zero-order valence-corrected chi connectivity index (χ0v) is 22.8. The summed E-state index contributed by atoms with van der Waals surface area (Å²) in [5, 5.41) is 4.35. The first-order valence-electron chi connectivity index (χ1n) is 13.5. The monoisotopic (exact) mass is 548 g/mol. The third-order valence-corrected chi connectivity index (χ3v) is 9.70. The Morgan fingerprint density at radius 2 is 0.829 bits per heavy atom. The topological polar surface area (TPSA) is 44.0 Å². The van der Waals surface area contributed by atoms with Crippen molar-refractivity contribution in [2.75, 3.05) is 0 Å². The summed E-state index contributed by atoms with van der Waals surface area (Å²) in [6.07, 6.45) is 0. The largest absolute Gasteiger partial charge is 0.309 e. The smallest absolute Gasteiger partial charge is 0.206 e. The van der Waals surface area contributed by atoms with E-state index < -0.39 is 9.84 Å². The number of hydrogen-bond acceptors (Lipinski definition) is 2. The van der Waals surface area contributed by atoms with Crippen LogP contribution < -0.4 is 0 Å². The van der Waals surface area contributed by atoms with Crippen LogP contribution in [0.2, 0.25) is 0 Å². The van der Waals surface area contributed by atoms with Gasteiger partial charge in [-0.25, -0.2) is 8.42 Å². The molecule has 0 radical (unpaired) electrons. The molecular formula is C36H24N2O2S. The van der Waals surface area contributed by atoms with Gasteiger partial charge in [-0.3, -0.25) is 0 Å². The quantitative estimate of drug-likeness (QED) is 0.221. The summed E-state index contributed by atoms with van der Waals surface area (Å²) in [5.41, 5.74) is 6.37. The molecule has 0 unspecified atom stereocenters. The van der Waals surface area contributed by atoms with Gasteiger partial charge in [0.25, 0.3) is 0 Å². The lowest BCUT2D eigenvalue weighted by molar-refractivity contribution is 0.596. The second-order valence-corrected chi connectivity index (χ2v) is 12.2. The van der Waals surface area contributed by atoms with Crippen molar-refractivity contribution in [1.29, 1.82) is 0 Å². The Balaban J connectivity index is 1.36. The van der Waals surface area contributed by atoms with Gasteiger partial charge in [0.15, 0.2) is 0 Å². The maximum absolute atomic E-state index is 13.5. The summed E-state index contributed by atoms with van der Waals surface area (Å²) in [7, 11) is -3.64. The molecule has 196 valence electrons. The predicted octanol–water partition coefficient (Wildman–Crippen LogP) is 8.71. The van der Waals surface area contributed by atoms with E-state index in [1.54, 1.807) is 30.3 Å². The van der Waals surface area contributed by atoms with Gasteiger partial charge in [-0.05, 0) is 66.7 Å². The molecule has 0 saturated carbocycles. The molecule has 0 spiro atoms. The summed E-state index contributed by atoms with van der Waals surface area (Å²) in [4.78, 5) is 0.583. The Bertz CT molecular complexity index is 2330. The molecule has 2 aromatic heterocycles. The summed E-state index contributed by atoms with van der Waals surface area (Å²) in [6.45, 7) is 0. The van der Waals surface area contributed by atoms with E-state index in [0.29, 0.717) is 4.90 Å². The van der Waals surface area contributed by atoms with E-state index >= 15 is 0 Å². The Labute approximate surface area is 237 Å². The zero-order valence-electron chi connectivity index (χ0n) is 22.0. The lowest BCUT2D eigenvalue weighted by Gasteiger charge is -2.13. The zero-order chi connectivity index (χ0) is 27.6. The fourth-order valence-corrected chi connectivity index (χ4v) is 7.41. The average Bonchev–Trinajstić information content (AvgIpc) is 3.54. The number of para-hydroxylation sites is 3. The van der Waals surface area contributed by atoms with E-state index in [1.807, 2.05) is 30.3 Å². The maximum atomic E-state index is 13.5. The van der Waals surface area contributed by atoms with Crippen LogP contribution in [0.4, 0.5) is 0 Å². The third-order valence-electron chi connectivity index (χ3n) is 7.93. The summed E-state index contributed by atoms with van der Waals surface area (Å²) in [5.74, 6) is 0. The molecule has 0 aliphatic heterocycles. The second-order valence-electron chi connectivity index (χ2n) is 10.2. The van der Waals surface area contributed by atoms with Gasteiger partial charge >= 0.3 is 0 Å². The molecule has 0 N–H and O–H groups in total. The molecule has 8 rings (SSSR count). The maximum Gasteiger partial charge on any atom is 0.206 e. The Morgan fingerprint density at radius 3 is 1.39 bits per heavy atom. The van der Waals surface area contributed by atoms with Gasteiger partial charge in [0.1, 0.15) is 0 Å². The highest BCUT2D eigenvalue weighted by molar-refractivity contribution is 7.91. The highest BCUT2D eigenvalue weighted by atomic mass is 32.2. The van der Waals surface area contributed by atoms with Crippen LogP contribution in [0, 0.1) is 0 Å². The van der Waals surface area contributed by atoms with Crippen molar-refractivity contribution in [3.63, 3.8) is 0 Å². The molecule has 4 nitrogen and oxygen atoms in total. The van der Waals surface area contributed by atoms with Crippen molar-refractivity contribution in [3.8, 4) is 11.4 Å². The van der Waals surface area contributed by atoms with E-state index in [1.165, 1.54) is 10.8 Å². The normalized spacial score (nSPS) is 12.1. The Morgan fingerprint density at radius 1 is 0.366 bits per heavy atom. The molecular weight excluding hydrogens is 524 g/mol. The van der Waals surface area contributed by atoms with Crippen molar-refractivity contribution in [3.05, 3.63) is 146 Å². The van der Waals surface area contributed by atoms with E-state index in [2.05, 4.69) is 94.1 Å². The molecule has 0 saturated heterocycles. The minimum atomic E-state index is -3.64. The standard InChI is InChI=1S/C36H24N2O2S/c39-41(40,27-13-2-1-3-14-27)28-21-22-36-32(24-28)31-17-6-9-20-35(31)38(36)26-12-10-11-25(23-26)37-33-18-7-4-15-29(33)30-16-5-8-19-34(30)37/h1-24H. The highest BCUT2D eigenvalue weighted by Crippen LogP contribution is 2.36. The number of fused-ring (bicyclic) bond motifs is 6. The minimum absolute atomic E-state index is 0.290. The number of hydrogen-bond donors (Lipinski definition) is 0. The number of benzene rings is 6. The first-order chi connectivity index (χ1) is 20.1. The number of nitrogens with zero attached hydrogens (tertiary/aromatic N) is 2. The molecule has 0 bridgehead atoms. The molecule has 0 aliphatic rings.